The van der Waals surface area contributed by atoms with Crippen LogP contribution >= 0.6 is 23.5 Å². The van der Waals surface area contributed by atoms with Crippen LogP contribution in [0.4, 0.5) is 15.3 Å². The van der Waals surface area contributed by atoms with Crippen LogP contribution in [0.25, 0.3) is 0 Å². The van der Waals surface area contributed by atoms with Crippen LogP contribution in [0.5, 0.6) is 0 Å². The number of aliphatic carboxylic acids is 1. The van der Waals surface area contributed by atoms with E-state index in [4.69, 9.17) is 17.2 Å². The second kappa shape index (κ2) is 12.2. The second-order valence-electron chi connectivity index (χ2n) is 8.51. The number of aromatic nitrogens is 4. The molecule has 2 aliphatic heterocycles. The Morgan fingerprint density at radius 1 is 1.18 bits per heavy atom. The number of urea groups is 2. The SMILES string of the molecule is NC(=O)NCCn1nnnc1SCC1=C(C(=O)O)N2C(=O)C(NC(=O)C(N)c3ccc(NC(N)=O)cc3)[C@H]2SC1. The van der Waals surface area contributed by atoms with Crippen LogP contribution in [0, 0.1) is 0 Å². The minimum atomic E-state index is -1.27. The molecule has 0 saturated carbocycles. The molecule has 3 atom stereocenters. The number of tetrazole rings is 1. The zero-order chi connectivity index (χ0) is 29.0. The minimum Gasteiger partial charge on any atom is -0.477 e. The maximum atomic E-state index is 13.0. The van der Waals surface area contributed by atoms with Crippen LogP contribution in [-0.4, -0.2) is 89.5 Å². The fourth-order valence-electron chi connectivity index (χ4n) is 3.98. The summed E-state index contributed by atoms with van der Waals surface area (Å²) < 4.78 is 1.44. The number of primary amides is 2. The summed E-state index contributed by atoms with van der Waals surface area (Å²) in [7, 11) is 0. The number of hydrogen-bond donors (Lipinski definition) is 7. The molecule has 40 heavy (non-hydrogen) atoms. The number of β-lactam (4-membered cyclic amide) rings is 1. The number of rotatable bonds is 11. The first-order chi connectivity index (χ1) is 19.1. The van der Waals surface area contributed by atoms with Gasteiger partial charge in [0.2, 0.25) is 11.1 Å². The van der Waals surface area contributed by atoms with Crippen molar-refractivity contribution in [2.75, 3.05) is 23.4 Å². The Bertz CT molecular complexity index is 1370. The van der Waals surface area contributed by atoms with Gasteiger partial charge in [-0.25, -0.2) is 19.1 Å². The van der Waals surface area contributed by atoms with Gasteiger partial charge >= 0.3 is 18.0 Å². The Labute approximate surface area is 234 Å². The highest BCUT2D eigenvalue weighted by molar-refractivity contribution is 8.01. The molecule has 10 N–H and O–H groups in total. The lowest BCUT2D eigenvalue weighted by Gasteiger charge is -2.49. The third-order valence-corrected chi connectivity index (χ3v) is 8.25. The van der Waals surface area contributed by atoms with Crippen LogP contribution in [0.2, 0.25) is 0 Å². The molecule has 3 heterocycles. The number of nitrogens with one attached hydrogen (secondary N) is 3. The molecule has 0 bridgehead atoms. The van der Waals surface area contributed by atoms with Crippen LogP contribution < -0.4 is 33.2 Å². The van der Waals surface area contributed by atoms with Gasteiger partial charge in [0.25, 0.3) is 5.91 Å². The van der Waals surface area contributed by atoms with Crippen LogP contribution in [0.3, 0.4) is 0 Å². The largest absolute Gasteiger partial charge is 0.477 e. The summed E-state index contributed by atoms with van der Waals surface area (Å²) in [5, 5.41) is 28.5. The summed E-state index contributed by atoms with van der Waals surface area (Å²) in [5.41, 5.74) is 17.4. The van der Waals surface area contributed by atoms with Gasteiger partial charge < -0.3 is 38.3 Å². The third-order valence-electron chi connectivity index (χ3n) is 5.86. The van der Waals surface area contributed by atoms with Crippen molar-refractivity contribution in [1.82, 2.24) is 35.7 Å². The molecule has 0 radical (unpaired) electrons. The summed E-state index contributed by atoms with van der Waals surface area (Å²) >= 11 is 2.49. The summed E-state index contributed by atoms with van der Waals surface area (Å²) in [5.74, 6) is -1.97. The quantitative estimate of drug-likeness (QED) is 0.115. The van der Waals surface area contributed by atoms with Crippen molar-refractivity contribution in [3.05, 3.63) is 41.1 Å². The van der Waals surface area contributed by atoms with Crippen molar-refractivity contribution in [1.29, 1.82) is 0 Å². The van der Waals surface area contributed by atoms with Gasteiger partial charge in [-0.1, -0.05) is 23.9 Å². The van der Waals surface area contributed by atoms with Crippen LogP contribution in [-0.2, 0) is 20.9 Å². The number of benzene rings is 1. The number of hydrogen-bond acceptors (Lipinski definition) is 11. The van der Waals surface area contributed by atoms with Crippen molar-refractivity contribution >= 4 is 59.1 Å². The van der Waals surface area contributed by atoms with Gasteiger partial charge in [0.05, 0.1) is 6.54 Å². The second-order valence-corrected chi connectivity index (χ2v) is 10.6. The molecule has 1 fully saturated rings. The number of nitrogens with two attached hydrogens (primary N) is 3. The highest BCUT2D eigenvalue weighted by atomic mass is 32.2. The number of thioether (sulfide) groups is 2. The van der Waals surface area contributed by atoms with Gasteiger partial charge in [0.15, 0.2) is 0 Å². The van der Waals surface area contributed by atoms with E-state index in [9.17, 15) is 29.1 Å². The molecule has 0 aliphatic carbocycles. The monoisotopic (exact) mass is 591 g/mol. The molecule has 212 valence electrons. The number of anilines is 1. The predicted molar refractivity (Wildman–Crippen MR) is 142 cm³/mol. The molecule has 19 heteroatoms. The van der Waals surface area contributed by atoms with Crippen molar-refractivity contribution in [3.8, 4) is 0 Å². The van der Waals surface area contributed by atoms with E-state index in [0.29, 0.717) is 27.7 Å². The Hall–Kier alpha value is -4.36. The Morgan fingerprint density at radius 2 is 1.90 bits per heavy atom. The van der Waals surface area contributed by atoms with Gasteiger partial charge in [0, 0.05) is 23.7 Å². The Kier molecular flexibility index (Phi) is 8.75. The van der Waals surface area contributed by atoms with E-state index in [2.05, 4.69) is 31.5 Å². The predicted octanol–water partition coefficient (Wildman–Crippen LogP) is -1.64. The Morgan fingerprint density at radius 3 is 2.55 bits per heavy atom. The fourth-order valence-corrected chi connectivity index (χ4v) is 6.37. The lowest BCUT2D eigenvalue weighted by Crippen LogP contribution is -2.71. The summed E-state index contributed by atoms with van der Waals surface area (Å²) in [6.45, 7) is 0.452. The molecule has 1 aromatic carbocycles. The summed E-state index contributed by atoms with van der Waals surface area (Å²) in [6, 6.07) is 2.66. The molecule has 0 spiro atoms. The van der Waals surface area contributed by atoms with E-state index in [0.717, 1.165) is 4.90 Å². The number of carbonyl (C=O) groups is 5. The summed E-state index contributed by atoms with van der Waals surface area (Å²) in [6.07, 6.45) is 0. The first-order valence-electron chi connectivity index (χ1n) is 11.6. The summed E-state index contributed by atoms with van der Waals surface area (Å²) in [4.78, 5) is 60.9. The smallest absolute Gasteiger partial charge is 0.352 e. The number of carboxylic acid groups (broad SMARTS) is 1. The topological polar surface area (TPSA) is 267 Å². The van der Waals surface area contributed by atoms with Crippen molar-refractivity contribution in [2.24, 2.45) is 17.2 Å². The molecule has 1 aromatic heterocycles. The average Bonchev–Trinajstić information content (AvgIpc) is 3.36. The molecule has 2 aromatic rings. The lowest BCUT2D eigenvalue weighted by atomic mass is 10.0. The molecule has 4 rings (SSSR count). The molecule has 2 unspecified atom stereocenters. The maximum Gasteiger partial charge on any atom is 0.352 e. The number of amides is 6. The average molecular weight is 592 g/mol. The third kappa shape index (κ3) is 6.26. The van der Waals surface area contributed by atoms with Gasteiger partial charge in [0.1, 0.15) is 23.2 Å². The molecule has 6 amide bonds. The highest BCUT2D eigenvalue weighted by Crippen LogP contribution is 2.41. The standard InChI is InChI=1S/C21H25N11O6S2/c22-12(9-1-3-11(4-2-9)26-20(24)38)15(33)27-13-16(34)32-14(18(35)36)10(7-39-17(13)32)8-40-21-28-29-30-31(21)6-5-25-19(23)37/h1-4,12-13,17H,5-8,22H2,(H,27,33)(H,35,36)(H3,23,25,37)(H3,24,26,38)/t12?,13?,17-/m1/s1. The van der Waals surface area contributed by atoms with Crippen molar-refractivity contribution in [2.45, 2.75) is 29.2 Å². The van der Waals surface area contributed by atoms with Gasteiger partial charge in [-0.15, -0.1) is 16.9 Å². The highest BCUT2D eigenvalue weighted by Gasteiger charge is 2.54. The number of nitrogens with zero attached hydrogens (tertiary/aromatic N) is 5. The van der Waals surface area contributed by atoms with E-state index in [1.165, 1.54) is 40.3 Å². The number of carboxylic acids is 1. The van der Waals surface area contributed by atoms with Crippen LogP contribution in [0.15, 0.2) is 40.7 Å². The van der Waals surface area contributed by atoms with E-state index in [1.54, 1.807) is 12.1 Å². The molecule has 17 nitrogen and oxygen atoms in total. The van der Waals surface area contributed by atoms with Gasteiger partial charge in [-0.05, 0) is 33.7 Å². The van der Waals surface area contributed by atoms with Gasteiger partial charge in [-0.2, -0.15) is 0 Å². The zero-order valence-corrected chi connectivity index (χ0v) is 22.3. The molecular weight excluding hydrogens is 566 g/mol. The molecular formula is C21H25N11O6S2. The first kappa shape index (κ1) is 28.6. The number of carbonyl (C=O) groups excluding carboxylic acids is 4. The Balaban J connectivity index is 1.39. The minimum absolute atomic E-state index is 0.150. The molecule has 1 saturated heterocycles. The number of fused-ring (bicyclic) bond motifs is 1. The zero-order valence-electron chi connectivity index (χ0n) is 20.6. The van der Waals surface area contributed by atoms with E-state index < -0.39 is 47.3 Å². The fraction of sp³-hybridized carbons (Fsp3) is 0.333. The maximum absolute atomic E-state index is 13.0. The normalized spacial score (nSPS) is 18.8. The van der Waals surface area contributed by atoms with Crippen molar-refractivity contribution in [3.63, 3.8) is 0 Å². The van der Waals surface area contributed by atoms with Gasteiger partial charge in [-0.3, -0.25) is 14.5 Å². The molecule has 2 aliphatic rings. The van der Waals surface area contributed by atoms with Crippen molar-refractivity contribution < 1.29 is 29.1 Å². The van der Waals surface area contributed by atoms with E-state index in [1.807, 2.05) is 0 Å². The lowest BCUT2D eigenvalue weighted by molar-refractivity contribution is -0.150. The van der Waals surface area contributed by atoms with E-state index in [-0.39, 0.29) is 24.5 Å². The van der Waals surface area contributed by atoms with E-state index >= 15 is 0 Å². The van der Waals surface area contributed by atoms with Crippen LogP contribution in [0.1, 0.15) is 11.6 Å². The first-order valence-corrected chi connectivity index (χ1v) is 13.6.